The molecule has 114 valence electrons. The number of carbonyl (C=O) groups excluding carboxylic acids is 1. The molecule has 2 rings (SSSR count). The van der Waals surface area contributed by atoms with E-state index in [-0.39, 0.29) is 5.78 Å². The molecule has 3 heteroatoms. The highest BCUT2D eigenvalue weighted by Crippen LogP contribution is 2.23. The van der Waals surface area contributed by atoms with E-state index in [4.69, 9.17) is 4.74 Å². The molecule has 0 saturated carbocycles. The van der Waals surface area contributed by atoms with Crippen molar-refractivity contribution in [2.24, 2.45) is 0 Å². The van der Waals surface area contributed by atoms with Gasteiger partial charge < -0.3 is 9.84 Å². The molecule has 0 radical (unpaired) electrons. The van der Waals surface area contributed by atoms with Crippen LogP contribution in [0.3, 0.4) is 0 Å². The van der Waals surface area contributed by atoms with Crippen molar-refractivity contribution in [1.82, 2.24) is 0 Å². The van der Waals surface area contributed by atoms with Crippen LogP contribution in [0.15, 0.2) is 42.5 Å². The first-order chi connectivity index (χ1) is 10.5. The van der Waals surface area contributed by atoms with Gasteiger partial charge in [0, 0.05) is 5.56 Å². The van der Waals surface area contributed by atoms with E-state index in [9.17, 15) is 9.90 Å². The second-order valence-corrected chi connectivity index (χ2v) is 5.16. The maximum Gasteiger partial charge on any atom is 0.185 e. The monoisotopic (exact) mass is 296 g/mol. The van der Waals surface area contributed by atoms with E-state index < -0.39 is 0 Å². The molecule has 0 unspecified atom stereocenters. The van der Waals surface area contributed by atoms with Crippen LogP contribution in [-0.4, -0.2) is 17.5 Å². The first-order valence-corrected chi connectivity index (χ1v) is 7.26. The lowest BCUT2D eigenvalue weighted by molar-refractivity contribution is 0.104. The summed E-state index contributed by atoms with van der Waals surface area (Å²) in [6.07, 6.45) is 3.30. The molecule has 0 aliphatic rings. The molecule has 3 nitrogen and oxygen atoms in total. The van der Waals surface area contributed by atoms with Gasteiger partial charge in [0.15, 0.2) is 5.78 Å². The predicted molar refractivity (Wildman–Crippen MR) is 88.6 cm³/mol. The Balaban J connectivity index is 2.14. The van der Waals surface area contributed by atoms with Crippen LogP contribution in [0, 0.1) is 13.8 Å². The lowest BCUT2D eigenvalue weighted by atomic mass is 10.0. The third-order valence-corrected chi connectivity index (χ3v) is 3.39. The highest BCUT2D eigenvalue weighted by molar-refractivity contribution is 6.06. The number of aromatic hydroxyl groups is 1. The van der Waals surface area contributed by atoms with Gasteiger partial charge in [-0.05, 0) is 79.9 Å². The molecule has 22 heavy (non-hydrogen) atoms. The van der Waals surface area contributed by atoms with Crippen molar-refractivity contribution >= 4 is 11.9 Å². The largest absolute Gasteiger partial charge is 0.507 e. The molecule has 0 aliphatic heterocycles. The number of phenolic OH excluding ortho intramolecular Hbond substituents is 1. The van der Waals surface area contributed by atoms with E-state index in [0.29, 0.717) is 17.9 Å². The molecular weight excluding hydrogens is 276 g/mol. The summed E-state index contributed by atoms with van der Waals surface area (Å²) in [6.45, 7) is 6.21. The van der Waals surface area contributed by atoms with Crippen LogP contribution in [-0.2, 0) is 0 Å². The van der Waals surface area contributed by atoms with Crippen LogP contribution in [0.25, 0.3) is 6.08 Å². The van der Waals surface area contributed by atoms with Crippen LogP contribution >= 0.6 is 0 Å². The number of rotatable bonds is 5. The molecule has 0 amide bonds. The first kappa shape index (κ1) is 15.8. The minimum Gasteiger partial charge on any atom is -0.507 e. The molecule has 0 aliphatic carbocycles. The zero-order chi connectivity index (χ0) is 16.1. The van der Waals surface area contributed by atoms with E-state index >= 15 is 0 Å². The number of phenols is 1. The standard InChI is InChI=1S/C19H20O3/c1-4-22-17-8-6-16(7-9-17)18(20)10-5-15-11-13(2)19(21)14(3)12-15/h5-12,21H,4H2,1-3H3. The number of hydrogen-bond acceptors (Lipinski definition) is 3. The van der Waals surface area contributed by atoms with Crippen LogP contribution < -0.4 is 4.74 Å². The lowest BCUT2D eigenvalue weighted by Gasteiger charge is -2.05. The Bertz CT molecular complexity index is 674. The van der Waals surface area contributed by atoms with Gasteiger partial charge in [-0.3, -0.25) is 4.79 Å². The Labute approximate surface area is 130 Å². The van der Waals surface area contributed by atoms with Gasteiger partial charge in [-0.2, -0.15) is 0 Å². The SMILES string of the molecule is CCOc1ccc(C(=O)C=Cc2cc(C)c(O)c(C)c2)cc1. The van der Waals surface area contributed by atoms with Crippen molar-refractivity contribution in [2.75, 3.05) is 6.61 Å². The molecule has 2 aromatic carbocycles. The molecule has 0 aromatic heterocycles. The topological polar surface area (TPSA) is 46.5 Å². The molecule has 0 bridgehead atoms. The Morgan fingerprint density at radius 1 is 1.14 bits per heavy atom. The van der Waals surface area contributed by atoms with Gasteiger partial charge in [0.25, 0.3) is 0 Å². The van der Waals surface area contributed by atoms with Crippen LogP contribution in [0.2, 0.25) is 0 Å². The summed E-state index contributed by atoms with van der Waals surface area (Å²) in [5.41, 5.74) is 3.11. The van der Waals surface area contributed by atoms with Crippen molar-refractivity contribution in [3.05, 3.63) is 64.7 Å². The normalized spacial score (nSPS) is 10.9. The van der Waals surface area contributed by atoms with E-state index in [0.717, 1.165) is 22.4 Å². The maximum atomic E-state index is 12.1. The minimum atomic E-state index is -0.0635. The molecule has 0 atom stereocenters. The number of hydrogen-bond donors (Lipinski definition) is 1. The predicted octanol–water partition coefficient (Wildman–Crippen LogP) is 4.30. The minimum absolute atomic E-state index is 0.0635. The van der Waals surface area contributed by atoms with Gasteiger partial charge in [-0.1, -0.05) is 6.08 Å². The second-order valence-electron chi connectivity index (χ2n) is 5.16. The lowest BCUT2D eigenvalue weighted by Crippen LogP contribution is -1.96. The molecule has 0 spiro atoms. The van der Waals surface area contributed by atoms with Crippen molar-refractivity contribution in [3.63, 3.8) is 0 Å². The number of benzene rings is 2. The summed E-state index contributed by atoms with van der Waals surface area (Å²) in [4.78, 5) is 12.1. The Kier molecular flexibility index (Phi) is 4.99. The average Bonchev–Trinajstić information content (AvgIpc) is 2.51. The van der Waals surface area contributed by atoms with Gasteiger partial charge in [0.05, 0.1) is 6.61 Å². The highest BCUT2D eigenvalue weighted by Gasteiger charge is 2.04. The molecule has 1 N–H and O–H groups in total. The fraction of sp³-hybridized carbons (Fsp3) is 0.211. The van der Waals surface area contributed by atoms with E-state index in [1.165, 1.54) is 0 Å². The van der Waals surface area contributed by atoms with Gasteiger partial charge in [-0.25, -0.2) is 0 Å². The van der Waals surface area contributed by atoms with Crippen molar-refractivity contribution in [2.45, 2.75) is 20.8 Å². The number of aryl methyl sites for hydroxylation is 2. The Morgan fingerprint density at radius 2 is 1.73 bits per heavy atom. The fourth-order valence-corrected chi connectivity index (χ4v) is 2.24. The number of ketones is 1. The van der Waals surface area contributed by atoms with Gasteiger partial charge in [0.1, 0.15) is 11.5 Å². The number of ether oxygens (including phenoxy) is 1. The smallest absolute Gasteiger partial charge is 0.185 e. The molecular formula is C19H20O3. The van der Waals surface area contributed by atoms with Crippen molar-refractivity contribution in [1.29, 1.82) is 0 Å². The fourth-order valence-electron chi connectivity index (χ4n) is 2.24. The average molecular weight is 296 g/mol. The summed E-state index contributed by atoms with van der Waals surface area (Å²) in [6, 6.07) is 10.8. The third-order valence-electron chi connectivity index (χ3n) is 3.39. The van der Waals surface area contributed by atoms with E-state index in [1.807, 2.05) is 32.9 Å². The van der Waals surface area contributed by atoms with Crippen molar-refractivity contribution in [3.8, 4) is 11.5 Å². The zero-order valence-corrected chi connectivity index (χ0v) is 13.1. The molecule has 0 saturated heterocycles. The van der Waals surface area contributed by atoms with Gasteiger partial charge in [0.2, 0.25) is 0 Å². The first-order valence-electron chi connectivity index (χ1n) is 7.26. The summed E-state index contributed by atoms with van der Waals surface area (Å²) in [5, 5.41) is 9.75. The molecule has 0 heterocycles. The quantitative estimate of drug-likeness (QED) is 0.661. The second kappa shape index (κ2) is 6.94. The van der Waals surface area contributed by atoms with Gasteiger partial charge >= 0.3 is 0 Å². The van der Waals surface area contributed by atoms with Crippen LogP contribution in [0.4, 0.5) is 0 Å². The molecule has 2 aromatic rings. The Morgan fingerprint density at radius 3 is 2.27 bits per heavy atom. The summed E-state index contributed by atoms with van der Waals surface area (Å²) >= 11 is 0. The van der Waals surface area contributed by atoms with E-state index in [1.54, 1.807) is 36.4 Å². The third kappa shape index (κ3) is 3.76. The number of allylic oxidation sites excluding steroid dienone is 1. The van der Waals surface area contributed by atoms with Gasteiger partial charge in [-0.15, -0.1) is 0 Å². The Hall–Kier alpha value is -2.55. The zero-order valence-electron chi connectivity index (χ0n) is 13.1. The summed E-state index contributed by atoms with van der Waals surface area (Å²) in [7, 11) is 0. The highest BCUT2D eigenvalue weighted by atomic mass is 16.5. The summed E-state index contributed by atoms with van der Waals surface area (Å²) in [5.74, 6) is 0.995. The maximum absolute atomic E-state index is 12.1. The molecule has 0 fully saturated rings. The van der Waals surface area contributed by atoms with Crippen molar-refractivity contribution < 1.29 is 14.6 Å². The van der Waals surface area contributed by atoms with Crippen LogP contribution in [0.5, 0.6) is 11.5 Å². The van der Waals surface area contributed by atoms with E-state index in [2.05, 4.69) is 0 Å². The number of carbonyl (C=O) groups is 1. The van der Waals surface area contributed by atoms with Crippen LogP contribution in [0.1, 0.15) is 34.0 Å². The summed E-state index contributed by atoms with van der Waals surface area (Å²) < 4.78 is 5.35.